The summed E-state index contributed by atoms with van der Waals surface area (Å²) in [6.07, 6.45) is 1.49. The van der Waals surface area contributed by atoms with Crippen LogP contribution < -0.4 is 11.1 Å². The molecule has 1 aromatic carbocycles. The Morgan fingerprint density at radius 2 is 2.32 bits per heavy atom. The minimum Gasteiger partial charge on any atom is -0.330 e. The van der Waals surface area contributed by atoms with E-state index in [1.165, 1.54) is 5.56 Å². The normalized spacial score (nSPS) is 26.6. The Kier molecular flexibility index (Phi) is 3.25. The summed E-state index contributed by atoms with van der Waals surface area (Å²) in [6, 6.07) is 4.44. The molecular formula is C14H18ClN3O. The molecule has 2 atom stereocenters. The molecule has 19 heavy (non-hydrogen) atoms. The molecule has 4 nitrogen and oxygen atoms in total. The van der Waals surface area contributed by atoms with Gasteiger partial charge in [0.15, 0.2) is 0 Å². The van der Waals surface area contributed by atoms with Crippen molar-refractivity contribution in [1.82, 2.24) is 4.90 Å². The highest BCUT2D eigenvalue weighted by Crippen LogP contribution is 2.39. The van der Waals surface area contributed by atoms with Crippen molar-refractivity contribution in [3.8, 4) is 0 Å². The monoisotopic (exact) mass is 279 g/mol. The van der Waals surface area contributed by atoms with Gasteiger partial charge in [0.1, 0.15) is 0 Å². The zero-order valence-electron chi connectivity index (χ0n) is 10.9. The number of hydrogen-bond acceptors (Lipinski definition) is 3. The van der Waals surface area contributed by atoms with Crippen molar-refractivity contribution >= 4 is 23.2 Å². The summed E-state index contributed by atoms with van der Waals surface area (Å²) in [5, 5.41) is 3.45. The summed E-state index contributed by atoms with van der Waals surface area (Å²) in [7, 11) is 2.12. The summed E-state index contributed by atoms with van der Waals surface area (Å²) >= 11 is 6.28. The van der Waals surface area contributed by atoms with Crippen LogP contribution in [0.1, 0.15) is 23.6 Å². The first-order chi connectivity index (χ1) is 9.08. The Bertz CT molecular complexity index is 532. The van der Waals surface area contributed by atoms with E-state index in [1.54, 1.807) is 0 Å². The number of nitrogens with two attached hydrogens (primary N) is 1. The van der Waals surface area contributed by atoms with Crippen LogP contribution in [0.5, 0.6) is 0 Å². The Hall–Kier alpha value is -1.10. The number of rotatable bonds is 2. The van der Waals surface area contributed by atoms with E-state index >= 15 is 0 Å². The number of anilines is 1. The molecule has 102 valence electrons. The fraction of sp³-hybridized carbons (Fsp3) is 0.500. The first-order valence-electron chi connectivity index (χ1n) is 6.61. The van der Waals surface area contributed by atoms with Crippen LogP contribution >= 0.6 is 11.6 Å². The van der Waals surface area contributed by atoms with Gasteiger partial charge in [0.2, 0.25) is 5.91 Å². The third-order valence-corrected chi connectivity index (χ3v) is 4.46. The van der Waals surface area contributed by atoms with E-state index in [9.17, 15) is 4.79 Å². The molecule has 2 heterocycles. The average Bonchev–Trinajstić information content (AvgIpc) is 2.91. The van der Waals surface area contributed by atoms with Crippen molar-refractivity contribution in [2.45, 2.75) is 18.9 Å². The standard InChI is InChI=1S/C14H18ClN3O/c1-18-7-8(6-16)2-12(18)9-3-10-5-13(19)17-14(10)11(15)4-9/h3-4,8,12H,2,5-7,16H2,1H3,(H,17,19). The first kappa shape index (κ1) is 12.9. The highest BCUT2D eigenvalue weighted by molar-refractivity contribution is 6.34. The predicted octanol–water partition coefficient (Wildman–Crippen LogP) is 1.79. The van der Waals surface area contributed by atoms with Gasteiger partial charge in [-0.3, -0.25) is 9.69 Å². The summed E-state index contributed by atoms with van der Waals surface area (Å²) in [5.74, 6) is 0.565. The lowest BCUT2D eigenvalue weighted by Crippen LogP contribution is -2.20. The number of likely N-dealkylation sites (tertiary alicyclic amines) is 1. The fourth-order valence-electron chi connectivity index (χ4n) is 3.18. The van der Waals surface area contributed by atoms with Crippen molar-refractivity contribution in [2.24, 2.45) is 11.7 Å². The minimum absolute atomic E-state index is 0.0219. The molecule has 3 rings (SSSR count). The molecular weight excluding hydrogens is 262 g/mol. The molecule has 0 aliphatic carbocycles. The smallest absolute Gasteiger partial charge is 0.228 e. The van der Waals surface area contributed by atoms with Crippen LogP contribution in [0, 0.1) is 5.92 Å². The molecule has 3 N–H and O–H groups in total. The Balaban J connectivity index is 1.93. The van der Waals surface area contributed by atoms with Gasteiger partial charge in [-0.2, -0.15) is 0 Å². The molecule has 2 unspecified atom stereocenters. The first-order valence-corrected chi connectivity index (χ1v) is 6.98. The molecule has 1 fully saturated rings. The zero-order chi connectivity index (χ0) is 13.6. The number of hydrogen-bond donors (Lipinski definition) is 2. The highest BCUT2D eigenvalue weighted by atomic mass is 35.5. The minimum atomic E-state index is 0.0219. The molecule has 1 saturated heterocycles. The number of carbonyl (C=O) groups excluding carboxylic acids is 1. The maximum Gasteiger partial charge on any atom is 0.228 e. The van der Waals surface area contributed by atoms with E-state index in [-0.39, 0.29) is 5.91 Å². The van der Waals surface area contributed by atoms with Gasteiger partial charge in [-0.1, -0.05) is 17.7 Å². The van der Waals surface area contributed by atoms with Gasteiger partial charge >= 0.3 is 0 Å². The van der Waals surface area contributed by atoms with Crippen molar-refractivity contribution in [2.75, 3.05) is 25.5 Å². The number of halogens is 1. The molecule has 5 heteroatoms. The largest absolute Gasteiger partial charge is 0.330 e. The summed E-state index contributed by atoms with van der Waals surface area (Å²) < 4.78 is 0. The average molecular weight is 280 g/mol. The molecule has 0 saturated carbocycles. The maximum atomic E-state index is 11.5. The second kappa shape index (κ2) is 4.78. The van der Waals surface area contributed by atoms with E-state index in [2.05, 4.69) is 23.3 Å². The zero-order valence-corrected chi connectivity index (χ0v) is 11.7. The van der Waals surface area contributed by atoms with E-state index < -0.39 is 0 Å². The van der Waals surface area contributed by atoms with E-state index in [4.69, 9.17) is 17.3 Å². The second-order valence-electron chi connectivity index (χ2n) is 5.55. The van der Waals surface area contributed by atoms with E-state index in [1.807, 2.05) is 6.07 Å². The van der Waals surface area contributed by atoms with Gasteiger partial charge in [0.05, 0.1) is 17.1 Å². The number of amides is 1. The van der Waals surface area contributed by atoms with Crippen LogP contribution in [0.15, 0.2) is 12.1 Å². The number of nitrogens with one attached hydrogen (secondary N) is 1. The maximum absolute atomic E-state index is 11.5. The van der Waals surface area contributed by atoms with Crippen LogP contribution in [-0.4, -0.2) is 30.9 Å². The lowest BCUT2D eigenvalue weighted by molar-refractivity contribution is -0.115. The van der Waals surface area contributed by atoms with Crippen molar-refractivity contribution in [3.63, 3.8) is 0 Å². The lowest BCUT2D eigenvalue weighted by Gasteiger charge is -2.20. The van der Waals surface area contributed by atoms with Gasteiger partial charge in [-0.05, 0) is 43.1 Å². The number of carbonyl (C=O) groups is 1. The summed E-state index contributed by atoms with van der Waals surface area (Å²) in [6.45, 7) is 1.74. The van der Waals surface area contributed by atoms with Gasteiger partial charge in [-0.15, -0.1) is 0 Å². The van der Waals surface area contributed by atoms with Crippen LogP contribution in [-0.2, 0) is 11.2 Å². The lowest BCUT2D eigenvalue weighted by atomic mass is 9.97. The summed E-state index contributed by atoms with van der Waals surface area (Å²) in [4.78, 5) is 13.8. The Morgan fingerprint density at radius 1 is 1.53 bits per heavy atom. The van der Waals surface area contributed by atoms with Crippen LogP contribution in [0.4, 0.5) is 5.69 Å². The number of fused-ring (bicyclic) bond motifs is 1. The Morgan fingerprint density at radius 3 is 3.00 bits per heavy atom. The summed E-state index contributed by atoms with van der Waals surface area (Å²) in [5.41, 5.74) is 8.76. The van der Waals surface area contributed by atoms with Gasteiger partial charge in [0.25, 0.3) is 0 Å². The highest BCUT2D eigenvalue weighted by Gasteiger charge is 2.31. The molecule has 1 aromatic rings. The molecule has 1 amide bonds. The van der Waals surface area contributed by atoms with Crippen LogP contribution in [0.25, 0.3) is 0 Å². The Labute approximate surface area is 117 Å². The van der Waals surface area contributed by atoms with E-state index in [0.29, 0.717) is 23.4 Å². The van der Waals surface area contributed by atoms with E-state index in [0.717, 1.165) is 30.8 Å². The predicted molar refractivity (Wildman–Crippen MR) is 76.3 cm³/mol. The molecule has 0 radical (unpaired) electrons. The number of nitrogens with zero attached hydrogens (tertiary/aromatic N) is 1. The topological polar surface area (TPSA) is 58.4 Å². The van der Waals surface area contributed by atoms with Crippen LogP contribution in [0.2, 0.25) is 5.02 Å². The fourth-order valence-corrected chi connectivity index (χ4v) is 3.48. The van der Waals surface area contributed by atoms with Crippen LogP contribution in [0.3, 0.4) is 0 Å². The molecule has 0 aromatic heterocycles. The SMILES string of the molecule is CN1CC(CN)CC1c1cc(Cl)c2c(c1)CC(=O)N2. The number of benzene rings is 1. The van der Waals surface area contributed by atoms with Gasteiger partial charge in [-0.25, -0.2) is 0 Å². The third-order valence-electron chi connectivity index (χ3n) is 4.16. The van der Waals surface area contributed by atoms with Crippen molar-refractivity contribution in [1.29, 1.82) is 0 Å². The molecule has 2 aliphatic rings. The van der Waals surface area contributed by atoms with Crippen molar-refractivity contribution in [3.05, 3.63) is 28.3 Å². The van der Waals surface area contributed by atoms with Gasteiger partial charge in [0, 0.05) is 12.6 Å². The molecule has 0 bridgehead atoms. The third kappa shape index (κ3) is 2.24. The van der Waals surface area contributed by atoms with Gasteiger partial charge < -0.3 is 11.1 Å². The second-order valence-corrected chi connectivity index (χ2v) is 5.96. The molecule has 0 spiro atoms. The molecule has 2 aliphatic heterocycles. The van der Waals surface area contributed by atoms with Crippen molar-refractivity contribution < 1.29 is 4.79 Å². The quantitative estimate of drug-likeness (QED) is 0.868.